The molecule has 4 N–H and O–H groups in total. The zero-order chi connectivity index (χ0) is 27.2. The molecule has 4 aromatic rings. The van der Waals surface area contributed by atoms with Crippen LogP contribution in [0.3, 0.4) is 0 Å². The first kappa shape index (κ1) is 25.5. The number of nitrogens with one attached hydrogen (secondary N) is 3. The highest BCUT2D eigenvalue weighted by Crippen LogP contribution is 2.36. The molecule has 2 atom stereocenters. The van der Waals surface area contributed by atoms with Crippen molar-refractivity contribution in [3.63, 3.8) is 0 Å². The molecule has 2 aromatic heterocycles. The van der Waals surface area contributed by atoms with E-state index in [0.29, 0.717) is 38.6 Å². The van der Waals surface area contributed by atoms with Crippen LogP contribution in [0.1, 0.15) is 49.8 Å². The second kappa shape index (κ2) is 9.62. The predicted octanol–water partition coefficient (Wildman–Crippen LogP) is 4.77. The summed E-state index contributed by atoms with van der Waals surface area (Å²) in [5.74, 6) is -0.664. The van der Waals surface area contributed by atoms with Crippen LogP contribution in [-0.2, 0) is 10.4 Å². The van der Waals surface area contributed by atoms with Crippen molar-refractivity contribution in [3.05, 3.63) is 82.8 Å². The van der Waals surface area contributed by atoms with Gasteiger partial charge in [0.1, 0.15) is 17.5 Å². The topological polar surface area (TPSA) is 129 Å². The summed E-state index contributed by atoms with van der Waals surface area (Å²) in [6.07, 6.45) is 4.78. The van der Waals surface area contributed by atoms with Crippen LogP contribution in [0.25, 0.3) is 22.0 Å². The lowest BCUT2D eigenvalue weighted by atomic mass is 9.99. The Hall–Kier alpha value is -4.15. The molecule has 5 rings (SSSR count). The lowest BCUT2D eigenvalue weighted by Crippen LogP contribution is -2.22. The Morgan fingerprint density at radius 2 is 1.79 bits per heavy atom. The zero-order valence-electron chi connectivity index (χ0n) is 20.7. The van der Waals surface area contributed by atoms with Crippen molar-refractivity contribution in [2.75, 3.05) is 5.32 Å². The van der Waals surface area contributed by atoms with Gasteiger partial charge in [0.05, 0.1) is 22.3 Å². The van der Waals surface area contributed by atoms with E-state index in [1.807, 2.05) is 18.2 Å². The second-order valence-electron chi connectivity index (χ2n) is 9.61. The largest absolute Gasteiger partial charge is 0.382 e. The average Bonchev–Trinajstić information content (AvgIpc) is 3.22. The number of amides is 3. The number of aromatic nitrogens is 3. The third-order valence-electron chi connectivity index (χ3n) is 6.31. The molecule has 9 nitrogen and oxygen atoms in total. The number of nitrogens with zero attached hydrogens (tertiary/aromatic N) is 3. The van der Waals surface area contributed by atoms with Crippen molar-refractivity contribution >= 4 is 40.1 Å². The van der Waals surface area contributed by atoms with Crippen LogP contribution in [0.4, 0.5) is 14.9 Å². The Bertz CT molecular complexity index is 1570. The number of hydrogen-bond donors (Lipinski definition) is 4. The predicted molar refractivity (Wildman–Crippen MR) is 141 cm³/mol. The Morgan fingerprint density at radius 3 is 2.45 bits per heavy atom. The van der Waals surface area contributed by atoms with Crippen LogP contribution in [0.15, 0.2) is 55.0 Å². The summed E-state index contributed by atoms with van der Waals surface area (Å²) in [6, 6.07) is 7.83. The van der Waals surface area contributed by atoms with E-state index in [-0.39, 0.29) is 0 Å². The molecule has 0 radical (unpaired) electrons. The Balaban J connectivity index is 1.49. The van der Waals surface area contributed by atoms with Gasteiger partial charge in [0.15, 0.2) is 5.82 Å². The molecule has 3 heterocycles. The van der Waals surface area contributed by atoms with Crippen LogP contribution in [0, 0.1) is 5.82 Å². The van der Waals surface area contributed by atoms with Gasteiger partial charge in [-0.3, -0.25) is 15.1 Å². The fraction of sp³-hybridized carbons (Fsp3) is 0.222. The van der Waals surface area contributed by atoms with Gasteiger partial charge < -0.3 is 15.7 Å². The number of halogens is 2. The van der Waals surface area contributed by atoms with Crippen LogP contribution < -0.4 is 16.0 Å². The lowest BCUT2D eigenvalue weighted by Gasteiger charge is -2.20. The fourth-order valence-corrected chi connectivity index (χ4v) is 4.51. The van der Waals surface area contributed by atoms with Gasteiger partial charge in [-0.1, -0.05) is 23.7 Å². The number of hydrogen-bond acceptors (Lipinski definition) is 7. The van der Waals surface area contributed by atoms with Gasteiger partial charge >= 0.3 is 6.03 Å². The number of carbonyl (C=O) groups excluding carboxylic acids is 2. The van der Waals surface area contributed by atoms with Gasteiger partial charge in [-0.2, -0.15) is 0 Å². The first-order valence-corrected chi connectivity index (χ1v) is 12.2. The molecule has 0 bridgehead atoms. The average molecular weight is 535 g/mol. The van der Waals surface area contributed by atoms with Crippen LogP contribution in [0.2, 0.25) is 5.02 Å². The van der Waals surface area contributed by atoms with E-state index in [9.17, 15) is 19.1 Å². The van der Waals surface area contributed by atoms with Crippen molar-refractivity contribution in [1.82, 2.24) is 25.6 Å². The van der Waals surface area contributed by atoms with E-state index in [1.165, 1.54) is 18.3 Å². The molecule has 1 saturated heterocycles. The van der Waals surface area contributed by atoms with E-state index in [0.717, 1.165) is 11.1 Å². The summed E-state index contributed by atoms with van der Waals surface area (Å²) in [6.45, 7) is 4.99. The summed E-state index contributed by atoms with van der Waals surface area (Å²) in [5.41, 5.74) is 2.35. The number of pyridine rings is 1. The minimum Gasteiger partial charge on any atom is -0.382 e. The first-order chi connectivity index (χ1) is 18.0. The smallest absolute Gasteiger partial charge is 0.322 e. The molecule has 38 heavy (non-hydrogen) atoms. The SMILES string of the molecule is C[C@@H](Nc1c(Cl)cnc2ccc(-c3cnc(C(C)(C)O)nc3)cc12)c1cc(C2NC(=O)NC2=O)ccc1F. The molecule has 1 unspecified atom stereocenters. The number of benzene rings is 2. The summed E-state index contributed by atoms with van der Waals surface area (Å²) in [4.78, 5) is 36.6. The van der Waals surface area contributed by atoms with Gasteiger partial charge in [0.2, 0.25) is 0 Å². The molecule has 0 aliphatic carbocycles. The van der Waals surface area contributed by atoms with Crippen molar-refractivity contribution < 1.29 is 19.1 Å². The van der Waals surface area contributed by atoms with Gasteiger partial charge in [-0.05, 0) is 56.2 Å². The highest BCUT2D eigenvalue weighted by Gasteiger charge is 2.31. The Kier molecular flexibility index (Phi) is 6.46. The Morgan fingerprint density at radius 1 is 1.05 bits per heavy atom. The van der Waals surface area contributed by atoms with Gasteiger partial charge in [-0.25, -0.2) is 19.2 Å². The summed E-state index contributed by atoms with van der Waals surface area (Å²) >= 11 is 6.54. The van der Waals surface area contributed by atoms with E-state index in [1.54, 1.807) is 39.2 Å². The molecule has 1 aliphatic rings. The van der Waals surface area contributed by atoms with Crippen molar-refractivity contribution in [2.45, 2.75) is 38.5 Å². The van der Waals surface area contributed by atoms with Gasteiger partial charge in [0.25, 0.3) is 5.91 Å². The van der Waals surface area contributed by atoms with E-state index in [2.05, 4.69) is 30.9 Å². The minimum absolute atomic E-state index is 0.296. The van der Waals surface area contributed by atoms with E-state index >= 15 is 0 Å². The van der Waals surface area contributed by atoms with E-state index < -0.39 is 35.4 Å². The molecule has 0 saturated carbocycles. The number of fused-ring (bicyclic) bond motifs is 1. The number of aliphatic hydroxyl groups is 1. The van der Waals surface area contributed by atoms with Crippen molar-refractivity contribution in [1.29, 1.82) is 0 Å². The van der Waals surface area contributed by atoms with Crippen LogP contribution in [0.5, 0.6) is 0 Å². The molecule has 1 fully saturated rings. The molecule has 3 amide bonds. The second-order valence-corrected chi connectivity index (χ2v) is 10.0. The molecule has 1 aliphatic heterocycles. The molecule has 2 aromatic carbocycles. The van der Waals surface area contributed by atoms with Gasteiger partial charge in [0, 0.05) is 35.1 Å². The molecule has 0 spiro atoms. The third-order valence-corrected chi connectivity index (χ3v) is 6.60. The molecular weight excluding hydrogens is 511 g/mol. The number of urea groups is 1. The summed E-state index contributed by atoms with van der Waals surface area (Å²) < 4.78 is 14.9. The highest BCUT2D eigenvalue weighted by atomic mass is 35.5. The number of anilines is 1. The zero-order valence-corrected chi connectivity index (χ0v) is 21.5. The summed E-state index contributed by atoms with van der Waals surface area (Å²) in [5, 5.41) is 19.2. The Labute approximate surface area is 222 Å². The van der Waals surface area contributed by atoms with E-state index in [4.69, 9.17) is 11.6 Å². The lowest BCUT2D eigenvalue weighted by molar-refractivity contribution is -0.120. The standard InChI is InChI=1S/C27H24ClFN6O3/c1-13(17-9-15(4-6-20(17)29)22-24(36)35-26(37)34-22)33-23-18-8-14(5-7-21(18)30-12-19(23)28)16-10-31-25(32-11-16)27(2,3)38/h4-13,22,38H,1-3H3,(H,30,33)(H2,34,35,36,37)/t13-,22?/m1/s1. The highest BCUT2D eigenvalue weighted by molar-refractivity contribution is 6.34. The number of imide groups is 1. The third kappa shape index (κ3) is 4.88. The maximum atomic E-state index is 14.9. The monoisotopic (exact) mass is 534 g/mol. The van der Waals surface area contributed by atoms with Crippen molar-refractivity contribution in [3.8, 4) is 11.1 Å². The first-order valence-electron chi connectivity index (χ1n) is 11.8. The van der Waals surface area contributed by atoms with Crippen molar-refractivity contribution in [2.24, 2.45) is 0 Å². The molecule has 11 heteroatoms. The molecular formula is C27H24ClFN6O3. The van der Waals surface area contributed by atoms with Crippen LogP contribution >= 0.6 is 11.6 Å². The van der Waals surface area contributed by atoms with Crippen LogP contribution in [-0.4, -0.2) is 32.0 Å². The maximum absolute atomic E-state index is 14.9. The summed E-state index contributed by atoms with van der Waals surface area (Å²) in [7, 11) is 0. The number of rotatable bonds is 6. The normalized spacial score (nSPS) is 16.3. The fourth-order valence-electron chi connectivity index (χ4n) is 4.31. The number of carbonyl (C=O) groups is 2. The van der Waals surface area contributed by atoms with Gasteiger partial charge in [-0.15, -0.1) is 0 Å². The minimum atomic E-state index is -1.16. The maximum Gasteiger partial charge on any atom is 0.322 e. The quantitative estimate of drug-likeness (QED) is 0.262. The molecule has 194 valence electrons.